The van der Waals surface area contributed by atoms with E-state index in [0.29, 0.717) is 23.0 Å². The highest BCUT2D eigenvalue weighted by Gasteiger charge is 2.34. The van der Waals surface area contributed by atoms with Gasteiger partial charge in [0.1, 0.15) is 5.75 Å². The molecule has 0 fully saturated rings. The maximum Gasteiger partial charge on any atom is 0.416 e. The number of nitrogens with one attached hydrogen (secondary N) is 2. The van der Waals surface area contributed by atoms with Gasteiger partial charge in [-0.05, 0) is 30.7 Å². The third kappa shape index (κ3) is 4.46. The fourth-order valence-electron chi connectivity index (χ4n) is 2.55. The van der Waals surface area contributed by atoms with Crippen molar-refractivity contribution in [2.45, 2.75) is 19.7 Å². The first kappa shape index (κ1) is 20.6. The van der Waals surface area contributed by atoms with Crippen molar-refractivity contribution in [1.82, 2.24) is 8.75 Å². The van der Waals surface area contributed by atoms with Crippen molar-refractivity contribution in [3.05, 3.63) is 63.3 Å². The summed E-state index contributed by atoms with van der Waals surface area (Å²) in [5, 5.41) is 24.5. The summed E-state index contributed by atoms with van der Waals surface area (Å²) in [6.07, 6.45) is -4.66. The van der Waals surface area contributed by atoms with E-state index < -0.39 is 29.3 Å². The Hall–Kier alpha value is -3.18. The Balaban J connectivity index is 1.95. The highest BCUT2D eigenvalue weighted by molar-refractivity contribution is 6.99. The third-order valence-electron chi connectivity index (χ3n) is 4.06. The average Bonchev–Trinajstić information content (AvgIpc) is 2.67. The number of aromatic hydroxyl groups is 1. The molecule has 0 saturated carbocycles. The molecule has 0 spiro atoms. The molecule has 3 aromatic rings. The topological polar surface area (TPSA) is 107 Å². The number of phenolic OH excluding ortho intramolecular Hbond substituents is 1. The molecule has 0 saturated heterocycles. The molecule has 1 aromatic heterocycles. The van der Waals surface area contributed by atoms with Crippen LogP contribution in [0.2, 0.25) is 0 Å². The molecule has 0 unspecified atom stereocenters. The van der Waals surface area contributed by atoms with Crippen molar-refractivity contribution in [1.29, 1.82) is 0 Å². The van der Waals surface area contributed by atoms with E-state index in [9.17, 15) is 28.2 Å². The van der Waals surface area contributed by atoms with Crippen molar-refractivity contribution in [3.8, 4) is 5.75 Å². The average molecular weight is 424 g/mol. The number of anilines is 4. The Bertz CT molecular complexity index is 1100. The van der Waals surface area contributed by atoms with Gasteiger partial charge in [-0.3, -0.25) is 4.79 Å². The number of aliphatic hydroxyl groups is 1. The highest BCUT2D eigenvalue weighted by Crippen LogP contribution is 2.35. The lowest BCUT2D eigenvalue weighted by atomic mass is 10.1. The molecule has 29 heavy (non-hydrogen) atoms. The predicted molar refractivity (Wildman–Crippen MR) is 103 cm³/mol. The van der Waals surface area contributed by atoms with Crippen molar-refractivity contribution in [2.75, 3.05) is 10.6 Å². The van der Waals surface area contributed by atoms with Crippen LogP contribution in [-0.4, -0.2) is 19.0 Å². The molecule has 3 rings (SSSR count). The van der Waals surface area contributed by atoms with E-state index in [2.05, 4.69) is 19.4 Å². The molecule has 0 aliphatic carbocycles. The van der Waals surface area contributed by atoms with Gasteiger partial charge in [-0.15, -0.1) is 0 Å². The fraction of sp³-hybridized carbons (Fsp3) is 0.167. The van der Waals surface area contributed by atoms with Gasteiger partial charge < -0.3 is 20.8 Å². The van der Waals surface area contributed by atoms with Crippen LogP contribution < -0.4 is 16.1 Å². The van der Waals surface area contributed by atoms with Gasteiger partial charge in [0.05, 0.1) is 23.9 Å². The van der Waals surface area contributed by atoms with E-state index in [1.165, 1.54) is 12.1 Å². The lowest BCUT2D eigenvalue weighted by Crippen LogP contribution is -2.16. The zero-order valence-electron chi connectivity index (χ0n) is 14.9. The number of halogens is 3. The molecule has 0 bridgehead atoms. The van der Waals surface area contributed by atoms with Gasteiger partial charge >= 0.3 is 6.18 Å². The van der Waals surface area contributed by atoms with Crippen LogP contribution in [0.1, 0.15) is 16.7 Å². The number of benzene rings is 2. The summed E-state index contributed by atoms with van der Waals surface area (Å²) in [7, 11) is 0. The lowest BCUT2D eigenvalue weighted by Gasteiger charge is -2.16. The monoisotopic (exact) mass is 424 g/mol. The summed E-state index contributed by atoms with van der Waals surface area (Å²) in [4.78, 5) is 12.6. The molecular weight excluding hydrogens is 409 g/mol. The Kier molecular flexibility index (Phi) is 5.71. The number of hydrogen-bond acceptors (Lipinski definition) is 8. The number of aliphatic hydroxyl groups excluding tert-OH is 1. The minimum absolute atomic E-state index is 0.0232. The van der Waals surface area contributed by atoms with Crippen molar-refractivity contribution in [2.24, 2.45) is 0 Å². The maximum atomic E-state index is 13.1. The number of aryl methyl sites for hydroxylation is 1. The Morgan fingerprint density at radius 3 is 2.41 bits per heavy atom. The summed E-state index contributed by atoms with van der Waals surface area (Å²) in [5.74, 6) is -0.346. The van der Waals surface area contributed by atoms with Gasteiger partial charge in [0.2, 0.25) is 0 Å². The van der Waals surface area contributed by atoms with Crippen LogP contribution in [0.5, 0.6) is 5.75 Å². The van der Waals surface area contributed by atoms with Crippen LogP contribution in [0, 0.1) is 6.92 Å². The second kappa shape index (κ2) is 8.05. The normalized spacial score (nSPS) is 11.3. The number of alkyl halides is 3. The number of aromatic nitrogens is 2. The minimum atomic E-state index is -4.66. The molecule has 2 aromatic carbocycles. The Labute approximate surface area is 166 Å². The van der Waals surface area contributed by atoms with Crippen molar-refractivity contribution < 1.29 is 23.4 Å². The van der Waals surface area contributed by atoms with Crippen LogP contribution >= 0.6 is 11.7 Å². The zero-order valence-corrected chi connectivity index (χ0v) is 15.7. The number of phenols is 1. The van der Waals surface area contributed by atoms with Crippen molar-refractivity contribution in [3.63, 3.8) is 0 Å². The van der Waals surface area contributed by atoms with Crippen LogP contribution in [0.25, 0.3) is 0 Å². The summed E-state index contributed by atoms with van der Waals surface area (Å²) < 4.78 is 47.2. The van der Waals surface area contributed by atoms with E-state index >= 15 is 0 Å². The molecule has 0 amide bonds. The third-order valence-corrected chi connectivity index (χ3v) is 4.59. The van der Waals surface area contributed by atoms with Gasteiger partial charge in [0, 0.05) is 23.0 Å². The minimum Gasteiger partial charge on any atom is -0.508 e. The second-order valence-corrected chi connectivity index (χ2v) is 6.56. The highest BCUT2D eigenvalue weighted by atomic mass is 32.1. The first-order chi connectivity index (χ1) is 13.7. The standard InChI is InChI=1S/C18H15F3N4O3S/c1-9-5-6-10(7-14(9)27)22-16-15(28)17(25-29-24-16)23-13-4-2-3-12(11(13)8-26)18(19,20)21/h2-7,26-27H,8H2,1H3,(H,22,24)(H,23,25). The quantitative estimate of drug-likeness (QED) is 0.492. The Morgan fingerprint density at radius 1 is 1.10 bits per heavy atom. The van der Waals surface area contributed by atoms with Crippen LogP contribution in [0.4, 0.5) is 36.2 Å². The van der Waals surface area contributed by atoms with E-state index in [4.69, 9.17) is 0 Å². The maximum absolute atomic E-state index is 13.1. The van der Waals surface area contributed by atoms with E-state index in [0.717, 1.165) is 12.1 Å². The van der Waals surface area contributed by atoms with E-state index in [-0.39, 0.29) is 23.1 Å². The molecule has 0 atom stereocenters. The smallest absolute Gasteiger partial charge is 0.416 e. The van der Waals surface area contributed by atoms with Crippen LogP contribution in [0.3, 0.4) is 0 Å². The molecule has 1 heterocycles. The molecule has 0 radical (unpaired) electrons. The molecular formula is C18H15F3N4O3S. The molecule has 152 valence electrons. The van der Waals surface area contributed by atoms with Gasteiger partial charge in [-0.2, -0.15) is 21.9 Å². The van der Waals surface area contributed by atoms with Gasteiger partial charge in [0.25, 0.3) is 5.43 Å². The zero-order chi connectivity index (χ0) is 21.2. The second-order valence-electron chi connectivity index (χ2n) is 6.03. The fourth-order valence-corrected chi connectivity index (χ4v) is 3.01. The van der Waals surface area contributed by atoms with E-state index in [1.54, 1.807) is 19.1 Å². The summed E-state index contributed by atoms with van der Waals surface area (Å²) in [5.41, 5.74) is -1.15. The summed E-state index contributed by atoms with van der Waals surface area (Å²) in [6.45, 7) is 0.829. The van der Waals surface area contributed by atoms with E-state index in [1.807, 2.05) is 0 Å². The molecule has 7 nitrogen and oxygen atoms in total. The Morgan fingerprint density at radius 2 is 1.79 bits per heavy atom. The number of rotatable bonds is 5. The largest absolute Gasteiger partial charge is 0.508 e. The number of hydrogen-bond donors (Lipinski definition) is 4. The summed E-state index contributed by atoms with van der Waals surface area (Å²) in [6, 6.07) is 7.98. The van der Waals surface area contributed by atoms with Gasteiger partial charge in [-0.25, -0.2) is 0 Å². The van der Waals surface area contributed by atoms with Crippen LogP contribution in [0.15, 0.2) is 41.2 Å². The predicted octanol–water partition coefficient (Wildman–Crippen LogP) is 3.91. The van der Waals surface area contributed by atoms with Crippen LogP contribution in [-0.2, 0) is 12.8 Å². The molecule has 0 aliphatic rings. The molecule has 0 aliphatic heterocycles. The lowest BCUT2D eigenvalue weighted by molar-refractivity contribution is -0.138. The SMILES string of the molecule is Cc1ccc(Nc2nsnc(Nc3cccc(C(F)(F)F)c3CO)c2=O)cc1O. The van der Waals surface area contributed by atoms with Gasteiger partial charge in [0.15, 0.2) is 11.6 Å². The first-order valence-corrected chi connectivity index (χ1v) is 8.94. The molecule has 4 N–H and O–H groups in total. The summed E-state index contributed by atoms with van der Waals surface area (Å²) >= 11 is 0.667. The van der Waals surface area contributed by atoms with Crippen molar-refractivity contribution >= 4 is 34.7 Å². The first-order valence-electron chi connectivity index (χ1n) is 8.21. The number of nitrogens with zero attached hydrogens (tertiary/aromatic N) is 2. The van der Waals surface area contributed by atoms with Gasteiger partial charge in [-0.1, -0.05) is 12.1 Å². The molecule has 11 heteroatoms.